The number of azo groups is 1. The van der Waals surface area contributed by atoms with E-state index in [2.05, 4.69) is 15.0 Å². The lowest BCUT2D eigenvalue weighted by Gasteiger charge is -2.23. The molecule has 0 saturated carbocycles. The first-order valence-electron chi connectivity index (χ1n) is 3.78. The fourth-order valence-electron chi connectivity index (χ4n) is 1.23. The maximum atomic E-state index is 11.2. The summed E-state index contributed by atoms with van der Waals surface area (Å²) in [5.41, 5.74) is -1.14. The Kier molecular flexibility index (Phi) is 2.42. The minimum Gasteiger partial charge on any atom is -0.467 e. The largest absolute Gasteiger partial charge is 0.467 e. The van der Waals surface area contributed by atoms with E-state index in [1.807, 2.05) is 0 Å². The van der Waals surface area contributed by atoms with Crippen LogP contribution in [0.1, 0.15) is 13.3 Å². The summed E-state index contributed by atoms with van der Waals surface area (Å²) in [5, 5.41) is 16.8. The van der Waals surface area contributed by atoms with Gasteiger partial charge in [0.05, 0.1) is 19.8 Å². The van der Waals surface area contributed by atoms with Gasteiger partial charge in [0.2, 0.25) is 5.54 Å². The van der Waals surface area contributed by atoms with Gasteiger partial charge in [-0.25, -0.2) is 4.79 Å². The second kappa shape index (κ2) is 3.18. The van der Waals surface area contributed by atoms with Crippen molar-refractivity contribution in [3.63, 3.8) is 0 Å². The molecule has 0 bridgehead atoms. The lowest BCUT2D eigenvalue weighted by molar-refractivity contribution is -0.150. The molecule has 0 amide bonds. The van der Waals surface area contributed by atoms with Crippen LogP contribution < -0.4 is 0 Å². The highest BCUT2D eigenvalue weighted by Gasteiger charge is 2.46. The van der Waals surface area contributed by atoms with E-state index in [-0.39, 0.29) is 0 Å². The molecule has 12 heavy (non-hydrogen) atoms. The van der Waals surface area contributed by atoms with Gasteiger partial charge in [0.25, 0.3) is 0 Å². The van der Waals surface area contributed by atoms with Gasteiger partial charge in [-0.1, -0.05) is 0 Å². The topological polar surface area (TPSA) is 71.2 Å². The fourth-order valence-corrected chi connectivity index (χ4v) is 1.23. The molecule has 0 spiro atoms. The quantitative estimate of drug-likeness (QED) is 0.602. The lowest BCUT2D eigenvalue weighted by Crippen LogP contribution is -2.45. The summed E-state index contributed by atoms with van der Waals surface area (Å²) in [6.07, 6.45) is -0.423. The third-order valence-corrected chi connectivity index (χ3v) is 2.07. The van der Waals surface area contributed by atoms with E-state index in [1.165, 1.54) is 14.0 Å². The van der Waals surface area contributed by atoms with Gasteiger partial charge in [-0.05, 0) is 6.92 Å². The van der Waals surface area contributed by atoms with Crippen LogP contribution in [0.25, 0.3) is 0 Å². The van der Waals surface area contributed by atoms with Crippen molar-refractivity contribution >= 4 is 5.97 Å². The van der Waals surface area contributed by atoms with Crippen molar-refractivity contribution in [3.8, 4) is 0 Å². The molecular weight excluding hydrogens is 160 g/mol. The van der Waals surface area contributed by atoms with Gasteiger partial charge in [-0.2, -0.15) is 10.2 Å². The van der Waals surface area contributed by atoms with Gasteiger partial charge in [-0.3, -0.25) is 0 Å². The van der Waals surface area contributed by atoms with Crippen LogP contribution in [0, 0.1) is 0 Å². The van der Waals surface area contributed by atoms with Crippen LogP contribution in [0.2, 0.25) is 0 Å². The highest BCUT2D eigenvalue weighted by Crippen LogP contribution is 2.27. The molecule has 0 fully saturated rings. The summed E-state index contributed by atoms with van der Waals surface area (Å²) in [7, 11) is 1.28. The molecule has 1 heterocycles. The third-order valence-electron chi connectivity index (χ3n) is 2.07. The van der Waals surface area contributed by atoms with Gasteiger partial charge in [0.1, 0.15) is 0 Å². The van der Waals surface area contributed by atoms with Gasteiger partial charge in [0.15, 0.2) is 0 Å². The van der Waals surface area contributed by atoms with Crippen molar-refractivity contribution in [3.05, 3.63) is 0 Å². The molecule has 1 aliphatic rings. The number of hydrogen-bond donors (Lipinski definition) is 1. The van der Waals surface area contributed by atoms with E-state index < -0.39 is 17.6 Å². The number of hydrogen-bond acceptors (Lipinski definition) is 5. The Morgan fingerprint density at radius 3 is 2.75 bits per heavy atom. The first-order valence-corrected chi connectivity index (χ1v) is 3.78. The normalized spacial score (nSPS) is 30.2. The van der Waals surface area contributed by atoms with Crippen molar-refractivity contribution < 1.29 is 14.6 Å². The van der Waals surface area contributed by atoms with E-state index in [1.54, 1.807) is 0 Å². The summed E-state index contributed by atoms with van der Waals surface area (Å²) in [6, 6.07) is 0. The predicted octanol–water partition coefficient (Wildman–Crippen LogP) is 0.135. The van der Waals surface area contributed by atoms with Crippen LogP contribution in [0.4, 0.5) is 0 Å². The van der Waals surface area contributed by atoms with Gasteiger partial charge < -0.3 is 9.84 Å². The van der Waals surface area contributed by atoms with Crippen LogP contribution in [-0.4, -0.2) is 36.4 Å². The molecule has 2 atom stereocenters. The number of carbonyl (C=O) groups excluding carboxylic acids is 1. The first kappa shape index (κ1) is 9.12. The lowest BCUT2D eigenvalue weighted by atomic mass is 9.92. The standard InChI is InChI=1S/C7H12N2O3/c1-5(10)7(6(11)12-2)3-4-8-9-7/h5,10H,3-4H2,1-2H3/t5-,7+/m1/s1. The Labute approximate surface area is 70.4 Å². The second-order valence-electron chi connectivity index (χ2n) is 2.81. The molecule has 1 aliphatic heterocycles. The fraction of sp³-hybridized carbons (Fsp3) is 0.857. The van der Waals surface area contributed by atoms with E-state index >= 15 is 0 Å². The van der Waals surface area contributed by atoms with E-state index in [4.69, 9.17) is 0 Å². The number of nitrogens with zero attached hydrogens (tertiary/aromatic N) is 2. The highest BCUT2D eigenvalue weighted by molar-refractivity contribution is 5.82. The molecule has 0 unspecified atom stereocenters. The highest BCUT2D eigenvalue weighted by atomic mass is 16.5. The number of aliphatic hydroxyl groups excluding tert-OH is 1. The number of methoxy groups -OCH3 is 1. The molecule has 0 aliphatic carbocycles. The SMILES string of the molecule is COC(=O)[C@@]1([C@@H](C)O)CCN=N1. The van der Waals surface area contributed by atoms with Crippen molar-refractivity contribution in [2.45, 2.75) is 25.0 Å². The maximum absolute atomic E-state index is 11.2. The summed E-state index contributed by atoms with van der Waals surface area (Å²) < 4.78 is 4.55. The molecule has 0 radical (unpaired) electrons. The molecule has 1 rings (SSSR count). The van der Waals surface area contributed by atoms with Crippen LogP contribution in [0.5, 0.6) is 0 Å². The molecular formula is C7H12N2O3. The Hall–Kier alpha value is -0.970. The minimum absolute atomic E-state index is 0.428. The second-order valence-corrected chi connectivity index (χ2v) is 2.81. The summed E-state index contributed by atoms with van der Waals surface area (Å²) >= 11 is 0. The summed E-state index contributed by atoms with van der Waals surface area (Å²) in [5.74, 6) is -0.515. The van der Waals surface area contributed by atoms with Crippen molar-refractivity contribution in [1.82, 2.24) is 0 Å². The predicted molar refractivity (Wildman–Crippen MR) is 40.8 cm³/mol. The van der Waals surface area contributed by atoms with Crippen molar-refractivity contribution in [1.29, 1.82) is 0 Å². The van der Waals surface area contributed by atoms with Gasteiger partial charge >= 0.3 is 5.97 Å². The van der Waals surface area contributed by atoms with Gasteiger partial charge in [0, 0.05) is 6.42 Å². The Balaban J connectivity index is 2.87. The Morgan fingerprint density at radius 1 is 1.75 bits per heavy atom. The van der Waals surface area contributed by atoms with Crippen molar-refractivity contribution in [2.24, 2.45) is 10.2 Å². The first-order chi connectivity index (χ1) is 5.63. The van der Waals surface area contributed by atoms with Crippen LogP contribution in [0.15, 0.2) is 10.2 Å². The zero-order chi connectivity index (χ0) is 9.19. The molecule has 0 aromatic carbocycles. The summed E-state index contributed by atoms with van der Waals surface area (Å²) in [4.78, 5) is 11.2. The smallest absolute Gasteiger partial charge is 0.338 e. The number of ether oxygens (including phenoxy) is 1. The zero-order valence-corrected chi connectivity index (χ0v) is 7.15. The van der Waals surface area contributed by atoms with E-state index in [0.29, 0.717) is 13.0 Å². The molecule has 0 saturated heterocycles. The minimum atomic E-state index is -1.14. The monoisotopic (exact) mass is 172 g/mol. The van der Waals surface area contributed by atoms with E-state index in [9.17, 15) is 9.90 Å². The maximum Gasteiger partial charge on any atom is 0.338 e. The van der Waals surface area contributed by atoms with Crippen molar-refractivity contribution in [2.75, 3.05) is 13.7 Å². The number of rotatable bonds is 2. The zero-order valence-electron chi connectivity index (χ0n) is 7.15. The Morgan fingerprint density at radius 2 is 2.42 bits per heavy atom. The number of aliphatic hydroxyl groups is 1. The van der Waals surface area contributed by atoms with Crippen LogP contribution in [-0.2, 0) is 9.53 Å². The molecule has 0 aromatic heterocycles. The van der Waals surface area contributed by atoms with E-state index in [0.717, 1.165) is 0 Å². The third kappa shape index (κ3) is 1.20. The van der Waals surface area contributed by atoms with Crippen LogP contribution >= 0.6 is 0 Å². The molecule has 5 heteroatoms. The molecule has 68 valence electrons. The summed E-state index contributed by atoms with van der Waals surface area (Å²) in [6.45, 7) is 1.99. The molecule has 5 nitrogen and oxygen atoms in total. The average molecular weight is 172 g/mol. The van der Waals surface area contributed by atoms with Crippen LogP contribution in [0.3, 0.4) is 0 Å². The van der Waals surface area contributed by atoms with Gasteiger partial charge in [-0.15, -0.1) is 0 Å². The molecule has 1 N–H and O–H groups in total. The number of esters is 1. The Bertz CT molecular complexity index is 215. The average Bonchev–Trinajstić information content (AvgIpc) is 2.52. The molecule has 0 aromatic rings. The number of carbonyl (C=O) groups is 1.